The maximum atomic E-state index is 15.9. The number of pyridine rings is 1. The van der Waals surface area contributed by atoms with Crippen molar-refractivity contribution in [2.24, 2.45) is 0 Å². The number of rotatable bonds is 5. The highest BCUT2D eigenvalue weighted by Crippen LogP contribution is 2.41. The smallest absolute Gasteiger partial charge is 0.321 e. The number of fused-ring (bicyclic) bond motifs is 1. The number of likely N-dealkylation sites (N-methyl/N-ethyl adjacent to an activating group) is 1. The normalized spacial score (nSPS) is 14.1. The van der Waals surface area contributed by atoms with E-state index in [0.29, 0.717) is 41.0 Å². The van der Waals surface area contributed by atoms with E-state index in [4.69, 9.17) is 0 Å². The Labute approximate surface area is 222 Å². The number of benzene rings is 2. The Balaban J connectivity index is 1.56. The minimum atomic E-state index is -0.613. The van der Waals surface area contributed by atoms with E-state index in [1.165, 1.54) is 24.4 Å². The van der Waals surface area contributed by atoms with Crippen molar-refractivity contribution in [2.45, 2.75) is 6.92 Å². The molecule has 2 N–H and O–H groups in total. The molecule has 3 amide bonds. The summed E-state index contributed by atoms with van der Waals surface area (Å²) in [5, 5.41) is 5.37. The fourth-order valence-corrected chi connectivity index (χ4v) is 5.33. The molecular weight excluding hydrogens is 510 g/mol. The van der Waals surface area contributed by atoms with Gasteiger partial charge in [0, 0.05) is 55.6 Å². The number of hydrogen-bond acceptors (Lipinski definition) is 6. The summed E-state index contributed by atoms with van der Waals surface area (Å²) in [6.45, 7) is 5.11. The summed E-state index contributed by atoms with van der Waals surface area (Å²) >= 11 is 1.04. The summed E-state index contributed by atoms with van der Waals surface area (Å²) in [6.07, 6.45) is 1.46. The number of halogens is 2. The number of nitrogens with zero attached hydrogens (tertiary/aromatic N) is 4. The van der Waals surface area contributed by atoms with Crippen LogP contribution in [0.1, 0.15) is 17.3 Å². The van der Waals surface area contributed by atoms with Crippen LogP contribution in [0, 0.1) is 11.6 Å². The molecule has 196 valence electrons. The molecule has 2 aromatic carbocycles. The fraction of sp³-hybridized carbons (Fsp3) is 0.259. The molecule has 0 bridgehead atoms. The first-order valence-corrected chi connectivity index (χ1v) is 13.0. The van der Waals surface area contributed by atoms with E-state index in [-0.39, 0.29) is 27.8 Å². The van der Waals surface area contributed by atoms with Crippen molar-refractivity contribution < 1.29 is 18.4 Å². The Hall–Kier alpha value is -3.96. The zero-order valence-electron chi connectivity index (χ0n) is 20.9. The van der Waals surface area contributed by atoms with Gasteiger partial charge in [0.15, 0.2) is 10.9 Å². The lowest BCUT2D eigenvalue weighted by Crippen LogP contribution is -2.47. The molecule has 4 aromatic rings. The van der Waals surface area contributed by atoms with Crippen LogP contribution in [0.15, 0.2) is 48.7 Å². The van der Waals surface area contributed by atoms with Crippen LogP contribution in [-0.2, 0) is 0 Å². The molecule has 1 saturated heterocycles. The van der Waals surface area contributed by atoms with Gasteiger partial charge >= 0.3 is 6.03 Å². The minimum Gasteiger partial charge on any atom is -0.338 e. The van der Waals surface area contributed by atoms with Crippen LogP contribution in [0.5, 0.6) is 0 Å². The predicted molar refractivity (Wildman–Crippen MR) is 144 cm³/mol. The van der Waals surface area contributed by atoms with Gasteiger partial charge in [-0.05, 0) is 49.9 Å². The zero-order valence-corrected chi connectivity index (χ0v) is 21.7. The summed E-state index contributed by atoms with van der Waals surface area (Å²) in [6, 6.07) is 10.5. The summed E-state index contributed by atoms with van der Waals surface area (Å²) in [5.74, 6) is -1.25. The quantitative estimate of drug-likeness (QED) is 0.381. The second kappa shape index (κ2) is 10.8. The fourth-order valence-electron chi connectivity index (χ4n) is 4.36. The molecule has 5 rings (SSSR count). The lowest BCUT2D eigenvalue weighted by molar-refractivity contribution is 0.0664. The molecular formula is C27H26F2N6O2S. The van der Waals surface area contributed by atoms with Gasteiger partial charge in [-0.3, -0.25) is 15.1 Å². The predicted octanol–water partition coefficient (Wildman–Crippen LogP) is 4.83. The second-order valence-electron chi connectivity index (χ2n) is 8.97. The maximum Gasteiger partial charge on any atom is 0.321 e. The number of anilines is 1. The molecule has 1 aliphatic rings. The number of nitrogens with one attached hydrogen (secondary N) is 2. The van der Waals surface area contributed by atoms with Crippen molar-refractivity contribution in [1.29, 1.82) is 0 Å². The minimum absolute atomic E-state index is 0.00283. The van der Waals surface area contributed by atoms with Gasteiger partial charge in [0.1, 0.15) is 17.0 Å². The van der Waals surface area contributed by atoms with Crippen LogP contribution in [0.4, 0.5) is 18.7 Å². The van der Waals surface area contributed by atoms with Crippen molar-refractivity contribution >= 4 is 38.6 Å². The number of carbonyl (C=O) groups excluding carboxylic acids is 2. The average molecular weight is 537 g/mol. The van der Waals surface area contributed by atoms with Crippen LogP contribution in [0.3, 0.4) is 0 Å². The van der Waals surface area contributed by atoms with Crippen LogP contribution >= 0.6 is 11.3 Å². The van der Waals surface area contributed by atoms with Crippen LogP contribution in [-0.4, -0.2) is 71.5 Å². The van der Waals surface area contributed by atoms with Gasteiger partial charge in [-0.2, -0.15) is 0 Å². The molecule has 2 aromatic heterocycles. The largest absolute Gasteiger partial charge is 0.338 e. The van der Waals surface area contributed by atoms with Gasteiger partial charge in [-0.25, -0.2) is 18.6 Å². The number of hydrogen-bond donors (Lipinski definition) is 2. The molecule has 0 aliphatic carbocycles. The molecule has 0 unspecified atom stereocenters. The second-order valence-corrected chi connectivity index (χ2v) is 9.97. The van der Waals surface area contributed by atoms with E-state index in [1.54, 1.807) is 31.2 Å². The molecule has 0 radical (unpaired) electrons. The molecule has 38 heavy (non-hydrogen) atoms. The number of piperazine rings is 1. The number of amides is 3. The highest BCUT2D eigenvalue weighted by Gasteiger charge is 2.23. The summed E-state index contributed by atoms with van der Waals surface area (Å²) < 4.78 is 31.0. The molecule has 8 nitrogen and oxygen atoms in total. The van der Waals surface area contributed by atoms with E-state index in [2.05, 4.69) is 25.5 Å². The third-order valence-corrected chi connectivity index (χ3v) is 7.41. The first kappa shape index (κ1) is 25.7. The molecule has 0 atom stereocenters. The lowest BCUT2D eigenvalue weighted by atomic mass is 9.98. The highest BCUT2D eigenvalue weighted by molar-refractivity contribution is 7.22. The van der Waals surface area contributed by atoms with Crippen LogP contribution in [0.25, 0.3) is 32.6 Å². The number of thiazole rings is 1. The van der Waals surface area contributed by atoms with Gasteiger partial charge < -0.3 is 15.1 Å². The van der Waals surface area contributed by atoms with E-state index in [1.807, 2.05) is 11.9 Å². The topological polar surface area (TPSA) is 90.5 Å². The van der Waals surface area contributed by atoms with Gasteiger partial charge in [0.2, 0.25) is 0 Å². The summed E-state index contributed by atoms with van der Waals surface area (Å²) in [4.78, 5) is 37.4. The van der Waals surface area contributed by atoms with E-state index >= 15 is 4.39 Å². The van der Waals surface area contributed by atoms with E-state index in [9.17, 15) is 14.0 Å². The van der Waals surface area contributed by atoms with Crippen molar-refractivity contribution in [1.82, 2.24) is 25.1 Å². The molecule has 11 heteroatoms. The third-order valence-electron chi connectivity index (χ3n) is 6.41. The Morgan fingerprint density at radius 1 is 1.05 bits per heavy atom. The first-order valence-electron chi connectivity index (χ1n) is 12.2. The number of urea groups is 1. The van der Waals surface area contributed by atoms with E-state index < -0.39 is 17.7 Å². The van der Waals surface area contributed by atoms with E-state index in [0.717, 1.165) is 24.4 Å². The Morgan fingerprint density at radius 2 is 1.79 bits per heavy atom. The first-order chi connectivity index (χ1) is 18.4. The van der Waals surface area contributed by atoms with Crippen molar-refractivity contribution in [3.05, 3.63) is 65.9 Å². The van der Waals surface area contributed by atoms with Crippen LogP contribution in [0.2, 0.25) is 0 Å². The van der Waals surface area contributed by atoms with Crippen molar-refractivity contribution in [2.75, 3.05) is 45.1 Å². The standard InChI is InChI=1S/C27H26F2N6O2S/c1-3-30-26(37)33-27-32-23-21(29)18(15-19(24(23)38-27)22-20(28)5-4-10-31-22)16-6-8-17(9-7-16)25(36)35-13-11-34(2)12-14-35/h4-10,15H,3,11-14H2,1-2H3,(H2,30,32,33,37). The molecule has 1 aliphatic heterocycles. The zero-order chi connectivity index (χ0) is 26.8. The Morgan fingerprint density at radius 3 is 2.47 bits per heavy atom. The SMILES string of the molecule is CCNC(=O)Nc1nc2c(F)c(-c3ccc(C(=O)N4CCN(C)CC4)cc3)cc(-c3ncccc3F)c2s1. The van der Waals surface area contributed by atoms with Gasteiger partial charge in [-0.15, -0.1) is 0 Å². The lowest BCUT2D eigenvalue weighted by Gasteiger charge is -2.32. The monoisotopic (exact) mass is 536 g/mol. The van der Waals surface area contributed by atoms with Crippen LogP contribution < -0.4 is 10.6 Å². The Kier molecular flexibility index (Phi) is 7.30. The summed E-state index contributed by atoms with van der Waals surface area (Å²) in [5.41, 5.74) is 1.60. The molecule has 3 heterocycles. The van der Waals surface area contributed by atoms with Gasteiger partial charge in [-0.1, -0.05) is 23.5 Å². The van der Waals surface area contributed by atoms with Crippen molar-refractivity contribution in [3.8, 4) is 22.4 Å². The van der Waals surface area contributed by atoms with Gasteiger partial charge in [0.05, 0.1) is 4.70 Å². The average Bonchev–Trinajstić information content (AvgIpc) is 3.34. The highest BCUT2D eigenvalue weighted by atomic mass is 32.1. The third kappa shape index (κ3) is 5.07. The molecule has 0 saturated carbocycles. The number of carbonyl (C=O) groups is 2. The molecule has 1 fully saturated rings. The maximum absolute atomic E-state index is 15.9. The summed E-state index contributed by atoms with van der Waals surface area (Å²) in [7, 11) is 2.02. The van der Waals surface area contributed by atoms with Gasteiger partial charge in [0.25, 0.3) is 5.91 Å². The molecule has 0 spiro atoms. The van der Waals surface area contributed by atoms with Crippen molar-refractivity contribution in [3.63, 3.8) is 0 Å². The number of aromatic nitrogens is 2. The Bertz CT molecular complexity index is 1500.